The molecule has 0 amide bonds. The Kier molecular flexibility index (Phi) is 2.49. The molecule has 1 aliphatic rings. The quantitative estimate of drug-likeness (QED) is 0.769. The summed E-state index contributed by atoms with van der Waals surface area (Å²) in [7, 11) is 0. The van der Waals surface area contributed by atoms with Gasteiger partial charge in [-0.3, -0.25) is 4.79 Å². The minimum absolute atomic E-state index is 0.265. The van der Waals surface area contributed by atoms with Gasteiger partial charge in [-0.05, 0) is 17.5 Å². The van der Waals surface area contributed by atoms with Crippen LogP contribution in [0.3, 0.4) is 0 Å². The first-order valence-electron chi connectivity index (χ1n) is 5.10. The lowest BCUT2D eigenvalue weighted by Crippen LogP contribution is -2.25. The molecule has 0 spiro atoms. The van der Waals surface area contributed by atoms with E-state index >= 15 is 0 Å². The first-order valence-corrected chi connectivity index (χ1v) is 5.10. The molecule has 2 rings (SSSR count). The van der Waals surface area contributed by atoms with E-state index < -0.39 is 18.0 Å². The van der Waals surface area contributed by atoms with E-state index in [1.165, 1.54) is 0 Å². The van der Waals surface area contributed by atoms with Crippen molar-refractivity contribution < 1.29 is 15.0 Å². The Balaban J connectivity index is 2.37. The van der Waals surface area contributed by atoms with E-state index in [4.69, 9.17) is 5.11 Å². The number of carboxylic acids is 1. The van der Waals surface area contributed by atoms with Crippen molar-refractivity contribution in [2.75, 3.05) is 0 Å². The summed E-state index contributed by atoms with van der Waals surface area (Å²) in [5, 5.41) is 18.8. The molecule has 3 nitrogen and oxygen atoms in total. The van der Waals surface area contributed by atoms with Gasteiger partial charge in [0.2, 0.25) is 0 Å². The minimum Gasteiger partial charge on any atom is -0.481 e. The van der Waals surface area contributed by atoms with Gasteiger partial charge in [-0.2, -0.15) is 0 Å². The highest BCUT2D eigenvalue weighted by molar-refractivity contribution is 5.71. The van der Waals surface area contributed by atoms with Crippen molar-refractivity contribution in [1.29, 1.82) is 0 Å². The molecule has 3 heteroatoms. The molecule has 1 aromatic rings. The van der Waals surface area contributed by atoms with Crippen molar-refractivity contribution in [3.05, 3.63) is 35.4 Å². The number of benzene rings is 1. The van der Waals surface area contributed by atoms with Crippen molar-refractivity contribution in [2.45, 2.75) is 25.4 Å². The van der Waals surface area contributed by atoms with E-state index in [0.717, 1.165) is 11.1 Å². The molecule has 0 fully saturated rings. The van der Waals surface area contributed by atoms with Gasteiger partial charge >= 0.3 is 5.97 Å². The van der Waals surface area contributed by atoms with Crippen LogP contribution in [0.15, 0.2) is 24.3 Å². The predicted molar refractivity (Wildman–Crippen MR) is 55.7 cm³/mol. The second-order valence-electron chi connectivity index (χ2n) is 4.12. The Morgan fingerprint density at radius 2 is 2.13 bits per heavy atom. The highest BCUT2D eigenvalue weighted by atomic mass is 16.4. The zero-order valence-corrected chi connectivity index (χ0v) is 8.55. The topological polar surface area (TPSA) is 57.5 Å². The smallest absolute Gasteiger partial charge is 0.306 e. The van der Waals surface area contributed by atoms with Crippen molar-refractivity contribution in [3.8, 4) is 0 Å². The minimum atomic E-state index is -0.851. The van der Waals surface area contributed by atoms with Crippen molar-refractivity contribution >= 4 is 5.97 Å². The SMILES string of the molecule is CC(C(=O)O)C1c2ccccc2CC1O. The summed E-state index contributed by atoms with van der Waals surface area (Å²) < 4.78 is 0. The Morgan fingerprint density at radius 1 is 1.47 bits per heavy atom. The maximum atomic E-state index is 10.9. The van der Waals surface area contributed by atoms with Crippen LogP contribution >= 0.6 is 0 Å². The number of carbonyl (C=O) groups is 1. The third-order valence-electron chi connectivity index (χ3n) is 3.19. The van der Waals surface area contributed by atoms with Gasteiger partial charge in [-0.1, -0.05) is 31.2 Å². The van der Waals surface area contributed by atoms with Gasteiger partial charge in [0.05, 0.1) is 12.0 Å². The van der Waals surface area contributed by atoms with E-state index in [1.54, 1.807) is 6.92 Å². The molecule has 0 radical (unpaired) electrons. The van der Waals surface area contributed by atoms with Crippen LogP contribution in [0.1, 0.15) is 24.0 Å². The van der Waals surface area contributed by atoms with Crippen LogP contribution in [-0.4, -0.2) is 22.3 Å². The predicted octanol–water partition coefficient (Wildman–Crippen LogP) is 1.41. The first-order chi connectivity index (χ1) is 7.11. The molecule has 1 aliphatic carbocycles. The van der Waals surface area contributed by atoms with Gasteiger partial charge in [0.25, 0.3) is 0 Å². The normalized spacial score (nSPS) is 26.0. The summed E-state index contributed by atoms with van der Waals surface area (Å²) in [5.74, 6) is -1.65. The average Bonchev–Trinajstić information content (AvgIpc) is 2.52. The number of aliphatic hydroxyl groups excluding tert-OH is 1. The number of aliphatic hydroxyl groups is 1. The summed E-state index contributed by atoms with van der Waals surface area (Å²) in [6.45, 7) is 1.65. The Morgan fingerprint density at radius 3 is 2.80 bits per heavy atom. The molecule has 0 saturated heterocycles. The van der Waals surface area contributed by atoms with Crippen LogP contribution in [0, 0.1) is 5.92 Å². The van der Waals surface area contributed by atoms with Crippen LogP contribution in [0.4, 0.5) is 0 Å². The molecule has 0 aromatic heterocycles. The molecule has 80 valence electrons. The Hall–Kier alpha value is -1.35. The van der Waals surface area contributed by atoms with Crippen molar-refractivity contribution in [2.24, 2.45) is 5.92 Å². The molecule has 0 bridgehead atoms. The molecule has 3 atom stereocenters. The molecule has 15 heavy (non-hydrogen) atoms. The number of rotatable bonds is 2. The lowest BCUT2D eigenvalue weighted by Gasteiger charge is -2.19. The maximum Gasteiger partial charge on any atom is 0.306 e. The highest BCUT2D eigenvalue weighted by Gasteiger charge is 2.37. The fourth-order valence-electron chi connectivity index (χ4n) is 2.36. The monoisotopic (exact) mass is 206 g/mol. The van der Waals surface area contributed by atoms with E-state index in [1.807, 2.05) is 24.3 Å². The molecular weight excluding hydrogens is 192 g/mol. The van der Waals surface area contributed by atoms with E-state index in [9.17, 15) is 9.90 Å². The molecule has 3 unspecified atom stereocenters. The summed E-state index contributed by atoms with van der Waals surface area (Å²) in [6.07, 6.45) is 0.00634. The molecule has 0 saturated carbocycles. The molecular formula is C12H14O3. The van der Waals surface area contributed by atoms with Gasteiger partial charge < -0.3 is 10.2 Å². The zero-order chi connectivity index (χ0) is 11.0. The van der Waals surface area contributed by atoms with Gasteiger partial charge in [-0.15, -0.1) is 0 Å². The summed E-state index contributed by atoms with van der Waals surface area (Å²) in [5.41, 5.74) is 2.06. The van der Waals surface area contributed by atoms with Crippen LogP contribution in [-0.2, 0) is 11.2 Å². The second kappa shape index (κ2) is 3.66. The van der Waals surface area contributed by atoms with Gasteiger partial charge in [0.15, 0.2) is 0 Å². The molecule has 0 aliphatic heterocycles. The third-order valence-corrected chi connectivity index (χ3v) is 3.19. The van der Waals surface area contributed by atoms with Crippen LogP contribution < -0.4 is 0 Å². The second-order valence-corrected chi connectivity index (χ2v) is 4.12. The van der Waals surface area contributed by atoms with Crippen LogP contribution in [0.25, 0.3) is 0 Å². The van der Waals surface area contributed by atoms with Gasteiger partial charge in [-0.25, -0.2) is 0 Å². The molecule has 2 N–H and O–H groups in total. The number of carboxylic acid groups (broad SMARTS) is 1. The fourth-order valence-corrected chi connectivity index (χ4v) is 2.36. The van der Waals surface area contributed by atoms with E-state index in [2.05, 4.69) is 0 Å². The summed E-state index contributed by atoms with van der Waals surface area (Å²) in [6, 6.07) is 7.67. The summed E-state index contributed by atoms with van der Waals surface area (Å²) in [4.78, 5) is 10.9. The average molecular weight is 206 g/mol. The number of fused-ring (bicyclic) bond motifs is 1. The molecule has 0 heterocycles. The fraction of sp³-hybridized carbons (Fsp3) is 0.417. The van der Waals surface area contributed by atoms with Gasteiger partial charge in [0.1, 0.15) is 0 Å². The zero-order valence-electron chi connectivity index (χ0n) is 8.55. The van der Waals surface area contributed by atoms with Crippen molar-refractivity contribution in [3.63, 3.8) is 0 Å². The lowest BCUT2D eigenvalue weighted by atomic mass is 9.87. The van der Waals surface area contributed by atoms with Crippen LogP contribution in [0.5, 0.6) is 0 Å². The van der Waals surface area contributed by atoms with E-state index in [-0.39, 0.29) is 5.92 Å². The number of hydrogen-bond acceptors (Lipinski definition) is 2. The standard InChI is InChI=1S/C12H14O3/c1-7(12(14)15)11-9-5-3-2-4-8(9)6-10(11)13/h2-5,7,10-11,13H,6H2,1H3,(H,14,15). The Labute approximate surface area is 88.4 Å². The third kappa shape index (κ3) is 1.63. The Bertz CT molecular complexity index is 386. The number of hydrogen-bond donors (Lipinski definition) is 2. The lowest BCUT2D eigenvalue weighted by molar-refractivity contribution is -0.142. The van der Waals surface area contributed by atoms with Gasteiger partial charge in [0, 0.05) is 5.92 Å². The number of aliphatic carboxylic acids is 1. The van der Waals surface area contributed by atoms with E-state index in [0.29, 0.717) is 6.42 Å². The van der Waals surface area contributed by atoms with Crippen LogP contribution in [0.2, 0.25) is 0 Å². The highest BCUT2D eigenvalue weighted by Crippen LogP contribution is 2.38. The largest absolute Gasteiger partial charge is 0.481 e. The van der Waals surface area contributed by atoms with Crippen molar-refractivity contribution in [1.82, 2.24) is 0 Å². The maximum absolute atomic E-state index is 10.9. The summed E-state index contributed by atoms with van der Waals surface area (Å²) >= 11 is 0. The first kappa shape index (κ1) is 10.2. The molecule has 1 aromatic carbocycles.